The molecule has 6 nitrogen and oxygen atoms in total. The van der Waals surface area contributed by atoms with Crippen LogP contribution in [0.2, 0.25) is 0 Å². The molecule has 2 aliphatic rings. The highest BCUT2D eigenvalue weighted by atomic mass is 16.5. The van der Waals surface area contributed by atoms with Crippen LogP contribution in [-0.4, -0.2) is 52.9 Å². The molecule has 4 rings (SSSR count). The largest absolute Gasteiger partial charge is 0.497 e. The number of carbonyl (C=O) groups excluding carboxylic acids is 1. The van der Waals surface area contributed by atoms with Gasteiger partial charge < -0.3 is 14.7 Å². The molecular weight excluding hydrogens is 354 g/mol. The number of aliphatic hydroxyl groups is 1. The van der Waals surface area contributed by atoms with E-state index in [4.69, 9.17) is 4.74 Å². The summed E-state index contributed by atoms with van der Waals surface area (Å²) in [7, 11) is 1.66. The molecule has 0 radical (unpaired) electrons. The molecule has 0 bridgehead atoms. The SMILES string of the molecule is COc1cccc(C[C@@]2(CO)CCCN(C(=O)c3n[nH]c4c3CCCC4)C2)c1. The summed E-state index contributed by atoms with van der Waals surface area (Å²) in [5, 5.41) is 17.7. The second-order valence-corrected chi connectivity index (χ2v) is 8.25. The lowest BCUT2D eigenvalue weighted by Crippen LogP contribution is -2.49. The molecule has 28 heavy (non-hydrogen) atoms. The standard InChI is InChI=1S/C22H29N3O3/c1-28-17-7-4-6-16(12-17)13-22(15-26)10-5-11-25(14-22)21(27)20-18-8-2-3-9-19(18)23-24-20/h4,6-7,12,26H,2-3,5,8-11,13-15H2,1H3,(H,23,24)/t22-/m0/s1. The quantitative estimate of drug-likeness (QED) is 0.832. The van der Waals surface area contributed by atoms with E-state index in [1.165, 1.54) is 0 Å². The summed E-state index contributed by atoms with van der Waals surface area (Å²) in [5.41, 5.74) is 3.61. The Hall–Kier alpha value is -2.34. The number of carbonyl (C=O) groups is 1. The van der Waals surface area contributed by atoms with Crippen LogP contribution in [0.25, 0.3) is 0 Å². The van der Waals surface area contributed by atoms with Gasteiger partial charge in [0.05, 0.1) is 13.7 Å². The predicted molar refractivity (Wildman–Crippen MR) is 107 cm³/mol. The van der Waals surface area contributed by atoms with Crippen molar-refractivity contribution in [2.24, 2.45) is 5.41 Å². The van der Waals surface area contributed by atoms with Gasteiger partial charge in [-0.15, -0.1) is 0 Å². The van der Waals surface area contributed by atoms with Crippen molar-refractivity contribution in [3.05, 3.63) is 46.8 Å². The molecule has 2 aromatic rings. The number of nitrogens with one attached hydrogen (secondary N) is 1. The highest BCUT2D eigenvalue weighted by Gasteiger charge is 2.38. The van der Waals surface area contributed by atoms with Gasteiger partial charge in [-0.1, -0.05) is 12.1 Å². The lowest BCUT2D eigenvalue weighted by molar-refractivity contribution is 0.0267. The second kappa shape index (κ2) is 7.95. The monoisotopic (exact) mass is 383 g/mol. The number of aromatic amines is 1. The van der Waals surface area contributed by atoms with Crippen LogP contribution in [0.15, 0.2) is 24.3 Å². The Morgan fingerprint density at radius 3 is 3.00 bits per heavy atom. The summed E-state index contributed by atoms with van der Waals surface area (Å²) < 4.78 is 5.33. The van der Waals surface area contributed by atoms with Crippen LogP contribution in [0.5, 0.6) is 5.75 Å². The van der Waals surface area contributed by atoms with Gasteiger partial charge in [0, 0.05) is 29.8 Å². The van der Waals surface area contributed by atoms with Gasteiger partial charge in [-0.3, -0.25) is 9.89 Å². The average molecular weight is 383 g/mol. The van der Waals surface area contributed by atoms with E-state index < -0.39 is 0 Å². The molecule has 1 aliphatic carbocycles. The van der Waals surface area contributed by atoms with E-state index in [0.717, 1.165) is 74.1 Å². The van der Waals surface area contributed by atoms with E-state index in [-0.39, 0.29) is 17.9 Å². The molecule has 1 atom stereocenters. The Morgan fingerprint density at radius 1 is 1.32 bits per heavy atom. The number of hydrogen-bond donors (Lipinski definition) is 2. The normalized spacial score (nSPS) is 22.0. The maximum atomic E-state index is 13.2. The zero-order chi connectivity index (χ0) is 19.6. The molecular formula is C22H29N3O3. The first-order chi connectivity index (χ1) is 13.6. The van der Waals surface area contributed by atoms with Gasteiger partial charge in [-0.05, 0) is 62.6 Å². The number of hydrogen-bond acceptors (Lipinski definition) is 4. The molecule has 0 unspecified atom stereocenters. The molecule has 6 heteroatoms. The maximum Gasteiger partial charge on any atom is 0.274 e. The number of nitrogens with zero attached hydrogens (tertiary/aromatic N) is 2. The lowest BCUT2D eigenvalue weighted by atomic mass is 9.75. The van der Waals surface area contributed by atoms with Crippen LogP contribution in [0.3, 0.4) is 0 Å². The van der Waals surface area contributed by atoms with Gasteiger partial charge in [-0.25, -0.2) is 0 Å². The van der Waals surface area contributed by atoms with E-state index >= 15 is 0 Å². The van der Waals surface area contributed by atoms with Crippen molar-refractivity contribution in [2.75, 3.05) is 26.8 Å². The van der Waals surface area contributed by atoms with Crippen molar-refractivity contribution in [2.45, 2.75) is 44.9 Å². The van der Waals surface area contributed by atoms with Gasteiger partial charge in [0.15, 0.2) is 5.69 Å². The van der Waals surface area contributed by atoms with E-state index in [0.29, 0.717) is 12.2 Å². The third kappa shape index (κ3) is 3.65. The highest BCUT2D eigenvalue weighted by Crippen LogP contribution is 2.35. The van der Waals surface area contributed by atoms with E-state index in [1.54, 1.807) is 7.11 Å². The minimum absolute atomic E-state index is 0.00238. The Morgan fingerprint density at radius 2 is 2.18 bits per heavy atom. The molecule has 1 aliphatic heterocycles. The fraction of sp³-hybridized carbons (Fsp3) is 0.545. The van der Waals surface area contributed by atoms with Crippen LogP contribution in [0.4, 0.5) is 0 Å². The fourth-order valence-corrected chi connectivity index (χ4v) is 4.73. The second-order valence-electron chi connectivity index (χ2n) is 8.25. The Kier molecular flexibility index (Phi) is 5.40. The molecule has 150 valence electrons. The Labute approximate surface area is 165 Å². The molecule has 1 fully saturated rings. The van der Waals surface area contributed by atoms with Crippen LogP contribution in [0, 0.1) is 5.41 Å². The van der Waals surface area contributed by atoms with Gasteiger partial charge >= 0.3 is 0 Å². The fourth-order valence-electron chi connectivity index (χ4n) is 4.73. The van der Waals surface area contributed by atoms with Gasteiger partial charge in [0.25, 0.3) is 5.91 Å². The van der Waals surface area contributed by atoms with E-state index in [9.17, 15) is 9.90 Å². The number of piperidine rings is 1. The van der Waals surface area contributed by atoms with Gasteiger partial charge in [0.2, 0.25) is 0 Å². The summed E-state index contributed by atoms with van der Waals surface area (Å²) in [5.74, 6) is 0.819. The minimum atomic E-state index is -0.323. The summed E-state index contributed by atoms with van der Waals surface area (Å²) in [6, 6.07) is 7.97. The molecule has 0 saturated carbocycles. The van der Waals surface area contributed by atoms with Crippen LogP contribution < -0.4 is 4.74 Å². The van der Waals surface area contributed by atoms with Crippen molar-refractivity contribution >= 4 is 5.91 Å². The number of aryl methyl sites for hydroxylation is 1. The van der Waals surface area contributed by atoms with Gasteiger partial charge in [0.1, 0.15) is 5.75 Å². The molecule has 1 aromatic heterocycles. The first-order valence-corrected chi connectivity index (χ1v) is 10.2. The van der Waals surface area contributed by atoms with E-state index in [2.05, 4.69) is 16.3 Å². The van der Waals surface area contributed by atoms with Crippen LogP contribution in [-0.2, 0) is 19.3 Å². The predicted octanol–water partition coefficient (Wildman–Crippen LogP) is 2.75. The number of fused-ring (bicyclic) bond motifs is 1. The number of rotatable bonds is 5. The van der Waals surface area contributed by atoms with E-state index in [1.807, 2.05) is 23.1 Å². The number of aromatic nitrogens is 2. The Bertz CT molecular complexity index is 847. The molecule has 2 N–H and O–H groups in total. The van der Waals surface area contributed by atoms with Crippen LogP contribution in [0.1, 0.15) is 53.0 Å². The number of methoxy groups -OCH3 is 1. The van der Waals surface area contributed by atoms with Crippen molar-refractivity contribution in [3.8, 4) is 5.75 Å². The first kappa shape index (κ1) is 19.0. The molecule has 1 amide bonds. The summed E-state index contributed by atoms with van der Waals surface area (Å²) in [6.45, 7) is 1.34. The topological polar surface area (TPSA) is 78.5 Å². The number of amides is 1. The molecule has 1 aromatic carbocycles. The van der Waals surface area contributed by atoms with Crippen LogP contribution >= 0.6 is 0 Å². The average Bonchev–Trinajstić information content (AvgIpc) is 3.17. The van der Waals surface area contributed by atoms with Crippen molar-refractivity contribution in [1.29, 1.82) is 0 Å². The Balaban J connectivity index is 1.53. The zero-order valence-corrected chi connectivity index (χ0v) is 16.5. The van der Waals surface area contributed by atoms with Crippen molar-refractivity contribution in [1.82, 2.24) is 15.1 Å². The summed E-state index contributed by atoms with van der Waals surface area (Å²) in [4.78, 5) is 15.1. The maximum absolute atomic E-state index is 13.2. The lowest BCUT2D eigenvalue weighted by Gasteiger charge is -2.42. The molecule has 1 saturated heterocycles. The van der Waals surface area contributed by atoms with Crippen molar-refractivity contribution < 1.29 is 14.6 Å². The van der Waals surface area contributed by atoms with Crippen molar-refractivity contribution in [3.63, 3.8) is 0 Å². The summed E-state index contributed by atoms with van der Waals surface area (Å²) >= 11 is 0. The number of likely N-dealkylation sites (tertiary alicyclic amines) is 1. The zero-order valence-electron chi connectivity index (χ0n) is 16.5. The molecule has 2 heterocycles. The third-order valence-electron chi connectivity index (χ3n) is 6.26. The third-order valence-corrected chi connectivity index (χ3v) is 6.26. The highest BCUT2D eigenvalue weighted by molar-refractivity contribution is 5.94. The number of benzene rings is 1. The number of H-pyrrole nitrogens is 1. The number of aliphatic hydroxyl groups excluding tert-OH is 1. The first-order valence-electron chi connectivity index (χ1n) is 10.2. The summed E-state index contributed by atoms with van der Waals surface area (Å²) in [6.07, 6.45) is 6.70. The molecule has 0 spiro atoms. The smallest absolute Gasteiger partial charge is 0.274 e. The van der Waals surface area contributed by atoms with Gasteiger partial charge in [-0.2, -0.15) is 5.10 Å². The minimum Gasteiger partial charge on any atom is -0.497 e. The number of ether oxygens (including phenoxy) is 1.